The van der Waals surface area contributed by atoms with Crippen LogP contribution >= 0.6 is 0 Å². The zero-order valence-electron chi connectivity index (χ0n) is 11.5. The number of hydrogen-bond donors (Lipinski definition) is 1. The van der Waals surface area contributed by atoms with Gasteiger partial charge in [-0.15, -0.1) is 0 Å². The zero-order chi connectivity index (χ0) is 13.4. The molecule has 1 N–H and O–H groups in total. The van der Waals surface area contributed by atoms with E-state index in [1.165, 1.54) is 6.07 Å². The maximum absolute atomic E-state index is 14.0. The third kappa shape index (κ3) is 3.98. The van der Waals surface area contributed by atoms with Crippen LogP contribution in [0.25, 0.3) is 0 Å². The van der Waals surface area contributed by atoms with Crippen molar-refractivity contribution in [2.75, 3.05) is 18.0 Å². The summed E-state index contributed by atoms with van der Waals surface area (Å²) in [5.41, 5.74) is 1.27. The van der Waals surface area contributed by atoms with E-state index in [2.05, 4.69) is 18.7 Å². The second-order valence-corrected chi connectivity index (χ2v) is 4.60. The summed E-state index contributed by atoms with van der Waals surface area (Å²) in [4.78, 5) is 2.08. The first-order valence-corrected chi connectivity index (χ1v) is 6.87. The average molecular weight is 253 g/mol. The summed E-state index contributed by atoms with van der Waals surface area (Å²) in [5.74, 6) is -0.228. The zero-order valence-corrected chi connectivity index (χ0v) is 11.5. The standard InChI is InChI=1S/C15H24FNO/c1-3-5-10-17(11-6-4-2)15-13(12-18)8-7-9-14(15)16/h7-9,18H,3-6,10-12H2,1-2H3. The molecule has 0 aliphatic rings. The third-order valence-electron chi connectivity index (χ3n) is 3.12. The van der Waals surface area contributed by atoms with E-state index < -0.39 is 0 Å². The number of benzene rings is 1. The third-order valence-corrected chi connectivity index (χ3v) is 3.12. The Bertz CT molecular complexity index is 346. The molecule has 0 spiro atoms. The number of rotatable bonds is 8. The fourth-order valence-electron chi connectivity index (χ4n) is 2.08. The Morgan fingerprint density at radius 1 is 1.11 bits per heavy atom. The summed E-state index contributed by atoms with van der Waals surface area (Å²) < 4.78 is 14.0. The van der Waals surface area contributed by atoms with Gasteiger partial charge in [-0.3, -0.25) is 0 Å². The van der Waals surface area contributed by atoms with Gasteiger partial charge < -0.3 is 10.0 Å². The summed E-state index contributed by atoms with van der Waals surface area (Å²) in [7, 11) is 0. The first-order valence-electron chi connectivity index (χ1n) is 6.87. The molecule has 0 aromatic heterocycles. The van der Waals surface area contributed by atoms with Crippen LogP contribution < -0.4 is 4.90 Å². The second-order valence-electron chi connectivity index (χ2n) is 4.60. The van der Waals surface area contributed by atoms with Crippen LogP contribution in [0.3, 0.4) is 0 Å². The predicted octanol–water partition coefficient (Wildman–Crippen LogP) is 3.72. The van der Waals surface area contributed by atoms with Crippen LogP contribution in [0.1, 0.15) is 45.1 Å². The van der Waals surface area contributed by atoms with Crippen molar-refractivity contribution in [3.05, 3.63) is 29.6 Å². The van der Waals surface area contributed by atoms with E-state index in [4.69, 9.17) is 0 Å². The van der Waals surface area contributed by atoms with E-state index in [0.717, 1.165) is 38.8 Å². The molecule has 1 rings (SSSR count). The monoisotopic (exact) mass is 253 g/mol. The molecule has 0 heterocycles. The lowest BCUT2D eigenvalue weighted by Gasteiger charge is -2.27. The molecule has 0 unspecified atom stereocenters. The van der Waals surface area contributed by atoms with Gasteiger partial charge in [-0.05, 0) is 18.9 Å². The van der Waals surface area contributed by atoms with Crippen LogP contribution in [0, 0.1) is 5.82 Å². The molecule has 18 heavy (non-hydrogen) atoms. The van der Waals surface area contributed by atoms with Crippen molar-refractivity contribution in [1.82, 2.24) is 0 Å². The number of aliphatic hydroxyl groups excluding tert-OH is 1. The molecular formula is C15H24FNO. The van der Waals surface area contributed by atoms with Crippen LogP contribution in [0.2, 0.25) is 0 Å². The molecule has 0 aliphatic carbocycles. The molecule has 1 aromatic rings. The first-order chi connectivity index (χ1) is 8.74. The minimum atomic E-state index is -0.228. The molecule has 0 atom stereocenters. The Labute approximate surface area is 109 Å². The number of nitrogens with zero attached hydrogens (tertiary/aromatic N) is 1. The molecule has 0 saturated carbocycles. The smallest absolute Gasteiger partial charge is 0.146 e. The molecule has 0 amide bonds. The van der Waals surface area contributed by atoms with Crippen molar-refractivity contribution in [1.29, 1.82) is 0 Å². The van der Waals surface area contributed by atoms with Gasteiger partial charge in [0.15, 0.2) is 0 Å². The topological polar surface area (TPSA) is 23.5 Å². The molecule has 1 aromatic carbocycles. The normalized spacial score (nSPS) is 10.7. The quantitative estimate of drug-likeness (QED) is 0.763. The summed E-state index contributed by atoms with van der Waals surface area (Å²) in [6.45, 7) is 5.86. The van der Waals surface area contributed by atoms with Crippen molar-refractivity contribution >= 4 is 5.69 Å². The number of para-hydroxylation sites is 1. The highest BCUT2D eigenvalue weighted by atomic mass is 19.1. The van der Waals surface area contributed by atoms with Crippen LogP contribution in [-0.4, -0.2) is 18.2 Å². The van der Waals surface area contributed by atoms with E-state index >= 15 is 0 Å². The molecule has 102 valence electrons. The van der Waals surface area contributed by atoms with E-state index in [0.29, 0.717) is 11.3 Å². The van der Waals surface area contributed by atoms with E-state index in [1.54, 1.807) is 12.1 Å². The molecule has 0 radical (unpaired) electrons. The maximum atomic E-state index is 14.0. The van der Waals surface area contributed by atoms with Crippen molar-refractivity contribution < 1.29 is 9.50 Å². The number of unbranched alkanes of at least 4 members (excludes halogenated alkanes) is 2. The van der Waals surface area contributed by atoms with Gasteiger partial charge in [0.05, 0.1) is 12.3 Å². The Morgan fingerprint density at radius 3 is 2.22 bits per heavy atom. The molecule has 0 saturated heterocycles. The maximum Gasteiger partial charge on any atom is 0.146 e. The van der Waals surface area contributed by atoms with Crippen molar-refractivity contribution in [3.8, 4) is 0 Å². The van der Waals surface area contributed by atoms with E-state index in [-0.39, 0.29) is 12.4 Å². The van der Waals surface area contributed by atoms with Gasteiger partial charge in [-0.1, -0.05) is 38.8 Å². The van der Waals surface area contributed by atoms with Gasteiger partial charge in [-0.2, -0.15) is 0 Å². The van der Waals surface area contributed by atoms with Gasteiger partial charge in [0.2, 0.25) is 0 Å². The van der Waals surface area contributed by atoms with Gasteiger partial charge >= 0.3 is 0 Å². The van der Waals surface area contributed by atoms with Crippen molar-refractivity contribution in [3.63, 3.8) is 0 Å². The van der Waals surface area contributed by atoms with E-state index in [1.807, 2.05) is 0 Å². The highest BCUT2D eigenvalue weighted by Crippen LogP contribution is 2.25. The largest absolute Gasteiger partial charge is 0.392 e. The fraction of sp³-hybridized carbons (Fsp3) is 0.600. The summed E-state index contributed by atoms with van der Waals surface area (Å²) >= 11 is 0. The second kappa shape index (κ2) is 8.09. The predicted molar refractivity (Wildman–Crippen MR) is 74.4 cm³/mol. The lowest BCUT2D eigenvalue weighted by molar-refractivity contribution is 0.281. The molecule has 0 fully saturated rings. The minimum Gasteiger partial charge on any atom is -0.392 e. The summed E-state index contributed by atoms with van der Waals surface area (Å²) in [5, 5.41) is 9.35. The average Bonchev–Trinajstić information content (AvgIpc) is 2.39. The minimum absolute atomic E-state index is 0.109. The molecular weight excluding hydrogens is 229 g/mol. The Kier molecular flexibility index (Phi) is 6.73. The Hall–Kier alpha value is -1.09. The van der Waals surface area contributed by atoms with Crippen LogP contribution in [0.4, 0.5) is 10.1 Å². The van der Waals surface area contributed by atoms with Crippen LogP contribution in [-0.2, 0) is 6.61 Å². The SMILES string of the molecule is CCCCN(CCCC)c1c(F)cccc1CO. The van der Waals surface area contributed by atoms with Crippen LogP contribution in [0.15, 0.2) is 18.2 Å². The van der Waals surface area contributed by atoms with Crippen LogP contribution in [0.5, 0.6) is 0 Å². The molecule has 2 nitrogen and oxygen atoms in total. The molecule has 0 bridgehead atoms. The number of aliphatic hydroxyl groups is 1. The highest BCUT2D eigenvalue weighted by molar-refractivity contribution is 5.54. The van der Waals surface area contributed by atoms with Gasteiger partial charge in [0.1, 0.15) is 5.82 Å². The Morgan fingerprint density at radius 2 is 1.72 bits per heavy atom. The number of halogens is 1. The van der Waals surface area contributed by atoms with Gasteiger partial charge in [-0.25, -0.2) is 4.39 Å². The van der Waals surface area contributed by atoms with Gasteiger partial charge in [0.25, 0.3) is 0 Å². The summed E-state index contributed by atoms with van der Waals surface area (Å²) in [6.07, 6.45) is 4.27. The molecule has 3 heteroatoms. The van der Waals surface area contributed by atoms with Gasteiger partial charge in [0, 0.05) is 18.7 Å². The van der Waals surface area contributed by atoms with Crippen molar-refractivity contribution in [2.24, 2.45) is 0 Å². The number of anilines is 1. The fourth-order valence-corrected chi connectivity index (χ4v) is 2.08. The van der Waals surface area contributed by atoms with Crippen molar-refractivity contribution in [2.45, 2.75) is 46.1 Å². The van der Waals surface area contributed by atoms with E-state index in [9.17, 15) is 9.50 Å². The highest BCUT2D eigenvalue weighted by Gasteiger charge is 2.14. The Balaban J connectivity index is 2.94. The first kappa shape index (κ1) is 15.0. The molecule has 0 aliphatic heterocycles. The lowest BCUT2D eigenvalue weighted by atomic mass is 10.1. The number of hydrogen-bond acceptors (Lipinski definition) is 2. The summed E-state index contributed by atoms with van der Waals surface area (Å²) in [6, 6.07) is 4.92. The lowest BCUT2D eigenvalue weighted by Crippen LogP contribution is -2.27.